The molecule has 5 heteroatoms. The molecule has 1 amide bonds. The zero-order chi connectivity index (χ0) is 18.1. The molecule has 0 aliphatic carbocycles. The number of carbonyl (C=O) groups is 2. The van der Waals surface area contributed by atoms with Crippen molar-refractivity contribution in [3.05, 3.63) is 65.2 Å². The van der Waals surface area contributed by atoms with Gasteiger partial charge in [-0.1, -0.05) is 29.8 Å². The summed E-state index contributed by atoms with van der Waals surface area (Å²) in [5.74, 6) is -0.332. The van der Waals surface area contributed by atoms with E-state index < -0.39 is 0 Å². The maximum Gasteiger partial charge on any atom is 0.338 e. The van der Waals surface area contributed by atoms with Crippen molar-refractivity contribution in [2.75, 3.05) is 18.5 Å². The predicted molar refractivity (Wildman–Crippen MR) is 98.5 cm³/mol. The highest BCUT2D eigenvalue weighted by Crippen LogP contribution is 2.10. The minimum Gasteiger partial charge on any atom is -0.462 e. The van der Waals surface area contributed by atoms with E-state index >= 15 is 0 Å². The monoisotopic (exact) mass is 340 g/mol. The SMILES string of the molecule is CCOC(=O)c1ccc(NCCC(=O)NCc2cccc(C)c2)cc1. The highest BCUT2D eigenvalue weighted by atomic mass is 16.5. The summed E-state index contributed by atoms with van der Waals surface area (Å²) in [7, 11) is 0. The van der Waals surface area contributed by atoms with E-state index in [9.17, 15) is 9.59 Å². The fourth-order valence-corrected chi connectivity index (χ4v) is 2.37. The number of carbonyl (C=O) groups excluding carboxylic acids is 2. The van der Waals surface area contributed by atoms with E-state index in [2.05, 4.69) is 16.7 Å². The van der Waals surface area contributed by atoms with Crippen LogP contribution in [0.1, 0.15) is 34.8 Å². The van der Waals surface area contributed by atoms with Gasteiger partial charge in [0.05, 0.1) is 12.2 Å². The van der Waals surface area contributed by atoms with Crippen LogP contribution in [0.4, 0.5) is 5.69 Å². The summed E-state index contributed by atoms with van der Waals surface area (Å²) in [6, 6.07) is 15.1. The molecule has 0 aromatic heterocycles. The van der Waals surface area contributed by atoms with Crippen LogP contribution in [0.15, 0.2) is 48.5 Å². The fourth-order valence-electron chi connectivity index (χ4n) is 2.37. The van der Waals surface area contributed by atoms with Gasteiger partial charge in [0.25, 0.3) is 0 Å². The smallest absolute Gasteiger partial charge is 0.338 e. The maximum absolute atomic E-state index is 11.9. The highest BCUT2D eigenvalue weighted by Gasteiger charge is 2.06. The van der Waals surface area contributed by atoms with E-state index in [0.717, 1.165) is 11.3 Å². The Morgan fingerprint density at radius 2 is 1.84 bits per heavy atom. The third-order valence-corrected chi connectivity index (χ3v) is 3.65. The number of amides is 1. The summed E-state index contributed by atoms with van der Waals surface area (Å²) in [5, 5.41) is 6.08. The number of anilines is 1. The first kappa shape index (κ1) is 18.5. The molecule has 2 aromatic carbocycles. The number of benzene rings is 2. The molecule has 0 aliphatic heterocycles. The molecule has 25 heavy (non-hydrogen) atoms. The van der Waals surface area contributed by atoms with Crippen molar-refractivity contribution < 1.29 is 14.3 Å². The lowest BCUT2D eigenvalue weighted by Crippen LogP contribution is -2.24. The number of hydrogen-bond acceptors (Lipinski definition) is 4. The Hall–Kier alpha value is -2.82. The van der Waals surface area contributed by atoms with Crippen molar-refractivity contribution in [2.45, 2.75) is 26.8 Å². The lowest BCUT2D eigenvalue weighted by Gasteiger charge is -2.09. The van der Waals surface area contributed by atoms with Gasteiger partial charge in [0.15, 0.2) is 0 Å². The maximum atomic E-state index is 11.9. The Kier molecular flexibility index (Phi) is 7.01. The van der Waals surface area contributed by atoms with Gasteiger partial charge in [-0.3, -0.25) is 4.79 Å². The molecule has 0 bridgehead atoms. The minimum absolute atomic E-state index is 0.00264. The predicted octanol–water partition coefficient (Wildman–Crippen LogP) is 3.29. The topological polar surface area (TPSA) is 67.4 Å². The van der Waals surface area contributed by atoms with E-state index in [1.54, 1.807) is 31.2 Å². The summed E-state index contributed by atoms with van der Waals surface area (Å²) in [6.45, 7) is 5.23. The molecule has 132 valence electrons. The van der Waals surface area contributed by atoms with E-state index in [-0.39, 0.29) is 11.9 Å². The Morgan fingerprint density at radius 1 is 1.08 bits per heavy atom. The van der Waals surface area contributed by atoms with E-state index in [1.807, 2.05) is 25.1 Å². The van der Waals surface area contributed by atoms with Crippen LogP contribution in [0.5, 0.6) is 0 Å². The number of ether oxygens (including phenoxy) is 1. The van der Waals surface area contributed by atoms with E-state index in [1.165, 1.54) is 5.56 Å². The fraction of sp³-hybridized carbons (Fsp3) is 0.300. The molecule has 2 aromatic rings. The molecule has 0 atom stereocenters. The third kappa shape index (κ3) is 6.30. The first-order valence-electron chi connectivity index (χ1n) is 8.42. The minimum atomic E-state index is -0.329. The van der Waals surface area contributed by atoms with Gasteiger partial charge in [0.2, 0.25) is 5.91 Å². The van der Waals surface area contributed by atoms with Crippen molar-refractivity contribution in [1.82, 2.24) is 5.32 Å². The second-order valence-electron chi connectivity index (χ2n) is 5.74. The van der Waals surface area contributed by atoms with Gasteiger partial charge >= 0.3 is 5.97 Å². The van der Waals surface area contributed by atoms with Crippen molar-refractivity contribution >= 4 is 17.6 Å². The second-order valence-corrected chi connectivity index (χ2v) is 5.74. The van der Waals surface area contributed by atoms with Crippen LogP contribution in [-0.2, 0) is 16.1 Å². The summed E-state index contributed by atoms with van der Waals surface area (Å²) < 4.78 is 4.94. The number of hydrogen-bond donors (Lipinski definition) is 2. The van der Waals surface area contributed by atoms with Gasteiger partial charge in [0.1, 0.15) is 0 Å². The molecule has 0 unspecified atom stereocenters. The number of esters is 1. The first-order chi connectivity index (χ1) is 12.1. The summed E-state index contributed by atoms with van der Waals surface area (Å²) in [4.78, 5) is 23.5. The molecule has 2 rings (SSSR count). The van der Waals surface area contributed by atoms with Gasteiger partial charge in [-0.05, 0) is 43.7 Å². The van der Waals surface area contributed by atoms with Crippen LogP contribution in [0.2, 0.25) is 0 Å². The molecule has 0 spiro atoms. The van der Waals surface area contributed by atoms with E-state index in [0.29, 0.717) is 31.7 Å². The largest absolute Gasteiger partial charge is 0.462 e. The van der Waals surface area contributed by atoms with Crippen LogP contribution >= 0.6 is 0 Å². The van der Waals surface area contributed by atoms with Gasteiger partial charge in [-0.2, -0.15) is 0 Å². The molecular weight excluding hydrogens is 316 g/mol. The highest BCUT2D eigenvalue weighted by molar-refractivity contribution is 5.89. The number of rotatable bonds is 8. The van der Waals surface area contributed by atoms with Crippen LogP contribution in [0.25, 0.3) is 0 Å². The van der Waals surface area contributed by atoms with Gasteiger partial charge in [-0.25, -0.2) is 4.79 Å². The quantitative estimate of drug-likeness (QED) is 0.724. The molecule has 0 radical (unpaired) electrons. The number of aryl methyl sites for hydroxylation is 1. The van der Waals surface area contributed by atoms with Gasteiger partial charge in [0, 0.05) is 25.2 Å². The van der Waals surface area contributed by atoms with Crippen LogP contribution in [0.3, 0.4) is 0 Å². The summed E-state index contributed by atoms with van der Waals surface area (Å²) >= 11 is 0. The molecule has 0 fully saturated rings. The van der Waals surface area contributed by atoms with E-state index in [4.69, 9.17) is 4.74 Å². The van der Waals surface area contributed by atoms with Crippen LogP contribution in [-0.4, -0.2) is 25.0 Å². The number of nitrogens with one attached hydrogen (secondary N) is 2. The lowest BCUT2D eigenvalue weighted by atomic mass is 10.1. The molecule has 0 saturated carbocycles. The van der Waals surface area contributed by atoms with Gasteiger partial charge in [-0.15, -0.1) is 0 Å². The molecule has 0 aliphatic rings. The average Bonchev–Trinajstić information content (AvgIpc) is 2.61. The third-order valence-electron chi connectivity index (χ3n) is 3.65. The summed E-state index contributed by atoms with van der Waals surface area (Å²) in [6.07, 6.45) is 0.380. The Morgan fingerprint density at radius 3 is 2.52 bits per heavy atom. The van der Waals surface area contributed by atoms with Crippen molar-refractivity contribution in [1.29, 1.82) is 0 Å². The molecular formula is C20H24N2O3. The van der Waals surface area contributed by atoms with Crippen molar-refractivity contribution in [3.63, 3.8) is 0 Å². The van der Waals surface area contributed by atoms with Crippen molar-refractivity contribution in [2.24, 2.45) is 0 Å². The Balaban J connectivity index is 1.71. The molecule has 0 heterocycles. The molecule has 2 N–H and O–H groups in total. The summed E-state index contributed by atoms with van der Waals surface area (Å²) in [5.41, 5.74) is 3.65. The Bertz CT molecular complexity index is 711. The van der Waals surface area contributed by atoms with Crippen LogP contribution < -0.4 is 10.6 Å². The van der Waals surface area contributed by atoms with Crippen LogP contribution in [0, 0.1) is 6.92 Å². The molecule has 0 saturated heterocycles. The Labute approximate surface area is 148 Å². The second kappa shape index (κ2) is 9.47. The normalized spacial score (nSPS) is 10.2. The average molecular weight is 340 g/mol. The zero-order valence-electron chi connectivity index (χ0n) is 14.7. The van der Waals surface area contributed by atoms with Crippen molar-refractivity contribution in [3.8, 4) is 0 Å². The lowest BCUT2D eigenvalue weighted by molar-refractivity contribution is -0.121. The standard InChI is InChI=1S/C20H24N2O3/c1-3-25-20(24)17-7-9-18(10-8-17)21-12-11-19(23)22-14-16-6-4-5-15(2)13-16/h4-10,13,21H,3,11-12,14H2,1-2H3,(H,22,23). The van der Waals surface area contributed by atoms with Gasteiger partial charge < -0.3 is 15.4 Å². The molecule has 5 nitrogen and oxygen atoms in total. The first-order valence-corrected chi connectivity index (χ1v) is 8.42. The zero-order valence-corrected chi connectivity index (χ0v) is 14.7.